The van der Waals surface area contributed by atoms with Crippen LogP contribution in [0.5, 0.6) is 0 Å². The molecule has 3 aliphatic heterocycles. The largest absolute Gasteiger partial charge is 0.353 e. The molecule has 1 fully saturated rings. The van der Waals surface area contributed by atoms with Crippen LogP contribution in [-0.4, -0.2) is 71.7 Å². The van der Waals surface area contributed by atoms with E-state index in [1.165, 1.54) is 12.1 Å². The van der Waals surface area contributed by atoms with E-state index in [1.807, 2.05) is 12.4 Å². The highest BCUT2D eigenvalue weighted by atomic mass is 35.5. The molecule has 0 unspecified atom stereocenters. The van der Waals surface area contributed by atoms with Crippen molar-refractivity contribution < 1.29 is 9.18 Å². The quantitative estimate of drug-likeness (QED) is 0.842. The number of hydrogen-bond donors (Lipinski definition) is 1. The van der Waals surface area contributed by atoms with Crippen LogP contribution in [0.15, 0.2) is 40.1 Å². The van der Waals surface area contributed by atoms with E-state index in [-0.39, 0.29) is 11.7 Å². The normalized spacial score (nSPS) is 21.4. The van der Waals surface area contributed by atoms with E-state index in [9.17, 15) is 9.18 Å². The van der Waals surface area contributed by atoms with Crippen molar-refractivity contribution >= 4 is 35.5 Å². The van der Waals surface area contributed by atoms with Gasteiger partial charge in [0.2, 0.25) is 0 Å². The van der Waals surface area contributed by atoms with E-state index in [2.05, 4.69) is 27.0 Å². The van der Waals surface area contributed by atoms with Crippen molar-refractivity contribution in [1.82, 2.24) is 14.7 Å². The summed E-state index contributed by atoms with van der Waals surface area (Å²) in [5.41, 5.74) is 0.126. The predicted molar refractivity (Wildman–Crippen MR) is 108 cm³/mol. The SMILES string of the molecule is CC[C@H]1CN2C=NC(N3CCN(C(=O)Nc4ccc(Cl)cc4F)CC3)=CC2=N1. The Labute approximate surface area is 168 Å². The predicted octanol–water partition coefficient (Wildman–Crippen LogP) is 3.00. The highest BCUT2D eigenvalue weighted by Gasteiger charge is 2.28. The first-order valence-corrected chi connectivity index (χ1v) is 9.77. The molecule has 1 N–H and O–H groups in total. The maximum absolute atomic E-state index is 13.9. The summed E-state index contributed by atoms with van der Waals surface area (Å²) < 4.78 is 13.9. The Bertz CT molecular complexity index is 862. The van der Waals surface area contributed by atoms with Crippen molar-refractivity contribution in [1.29, 1.82) is 0 Å². The lowest BCUT2D eigenvalue weighted by Gasteiger charge is -2.36. The van der Waals surface area contributed by atoms with Crippen molar-refractivity contribution in [2.75, 3.05) is 38.0 Å². The van der Waals surface area contributed by atoms with Gasteiger partial charge in [0.1, 0.15) is 17.5 Å². The summed E-state index contributed by atoms with van der Waals surface area (Å²) in [6.07, 6.45) is 4.86. The first-order valence-electron chi connectivity index (χ1n) is 9.39. The van der Waals surface area contributed by atoms with E-state index in [4.69, 9.17) is 16.6 Å². The zero-order chi connectivity index (χ0) is 19.7. The molecule has 1 saturated heterocycles. The molecule has 1 aromatic rings. The molecule has 2 amide bonds. The van der Waals surface area contributed by atoms with Crippen molar-refractivity contribution in [3.8, 4) is 0 Å². The Hall–Kier alpha value is -2.61. The van der Waals surface area contributed by atoms with Gasteiger partial charge in [-0.1, -0.05) is 18.5 Å². The third-order valence-corrected chi connectivity index (χ3v) is 5.37. The number of amides is 2. The van der Waals surface area contributed by atoms with Crippen LogP contribution in [0.25, 0.3) is 0 Å². The zero-order valence-corrected chi connectivity index (χ0v) is 16.4. The number of amidine groups is 1. The maximum atomic E-state index is 13.9. The van der Waals surface area contributed by atoms with Crippen LogP contribution in [-0.2, 0) is 0 Å². The Morgan fingerprint density at radius 3 is 2.82 bits per heavy atom. The van der Waals surface area contributed by atoms with Crippen LogP contribution in [0, 0.1) is 5.82 Å². The van der Waals surface area contributed by atoms with Crippen LogP contribution < -0.4 is 5.32 Å². The molecule has 1 atom stereocenters. The number of urea groups is 1. The van der Waals surface area contributed by atoms with Gasteiger partial charge in [-0.05, 0) is 24.6 Å². The molecule has 1 aromatic carbocycles. The minimum absolute atomic E-state index is 0.126. The number of rotatable bonds is 3. The average molecular weight is 405 g/mol. The Morgan fingerprint density at radius 1 is 1.32 bits per heavy atom. The molecule has 9 heteroatoms. The summed E-state index contributed by atoms with van der Waals surface area (Å²) in [6, 6.07) is 4.19. The Morgan fingerprint density at radius 2 is 2.11 bits per heavy atom. The lowest BCUT2D eigenvalue weighted by Crippen LogP contribution is -2.50. The summed E-state index contributed by atoms with van der Waals surface area (Å²) >= 11 is 5.75. The minimum atomic E-state index is -0.548. The molecule has 0 radical (unpaired) electrons. The average Bonchev–Trinajstić information content (AvgIpc) is 3.12. The number of carbonyl (C=O) groups excluding carboxylic acids is 1. The highest BCUT2D eigenvalue weighted by Crippen LogP contribution is 2.21. The monoisotopic (exact) mass is 404 g/mol. The first-order chi connectivity index (χ1) is 13.5. The van der Waals surface area contributed by atoms with Gasteiger partial charge in [-0.25, -0.2) is 14.2 Å². The number of hydrogen-bond acceptors (Lipinski definition) is 5. The van der Waals surface area contributed by atoms with Gasteiger partial charge in [0.25, 0.3) is 0 Å². The second kappa shape index (κ2) is 7.79. The van der Waals surface area contributed by atoms with Crippen LogP contribution in [0.4, 0.5) is 14.9 Å². The number of nitrogens with zero attached hydrogens (tertiary/aromatic N) is 5. The molecular formula is C19H22ClFN6O. The van der Waals surface area contributed by atoms with Crippen molar-refractivity contribution in [2.24, 2.45) is 9.98 Å². The number of halogens is 2. The summed E-state index contributed by atoms with van der Waals surface area (Å²) in [4.78, 5) is 27.6. The lowest BCUT2D eigenvalue weighted by atomic mass is 10.2. The number of nitrogens with one attached hydrogen (secondary N) is 1. The fourth-order valence-electron chi connectivity index (χ4n) is 3.45. The van der Waals surface area contributed by atoms with Crippen molar-refractivity contribution in [3.05, 3.63) is 40.9 Å². The van der Waals surface area contributed by atoms with Crippen LogP contribution in [0.1, 0.15) is 13.3 Å². The van der Waals surface area contributed by atoms with Crippen LogP contribution in [0.2, 0.25) is 5.02 Å². The van der Waals surface area contributed by atoms with Crippen molar-refractivity contribution in [2.45, 2.75) is 19.4 Å². The summed E-state index contributed by atoms with van der Waals surface area (Å²) in [7, 11) is 0. The van der Waals surface area contributed by atoms with Gasteiger partial charge >= 0.3 is 6.03 Å². The van der Waals surface area contributed by atoms with Crippen LogP contribution in [0.3, 0.4) is 0 Å². The second-order valence-corrected chi connectivity index (χ2v) is 7.41. The zero-order valence-electron chi connectivity index (χ0n) is 15.6. The number of carbonyl (C=O) groups is 1. The lowest BCUT2D eigenvalue weighted by molar-refractivity contribution is 0.166. The fraction of sp³-hybridized carbons (Fsp3) is 0.421. The van der Waals surface area contributed by atoms with Gasteiger partial charge < -0.3 is 20.0 Å². The summed E-state index contributed by atoms with van der Waals surface area (Å²) in [5.74, 6) is 1.28. The molecule has 7 nitrogen and oxygen atoms in total. The topological polar surface area (TPSA) is 63.5 Å². The number of benzene rings is 1. The Kier molecular flexibility index (Phi) is 5.21. The number of piperazine rings is 1. The van der Waals surface area contributed by atoms with E-state index in [0.717, 1.165) is 24.6 Å². The molecule has 0 aromatic heterocycles. The van der Waals surface area contributed by atoms with Gasteiger partial charge in [-0.3, -0.25) is 4.99 Å². The Balaban J connectivity index is 1.34. The van der Waals surface area contributed by atoms with Crippen molar-refractivity contribution in [3.63, 3.8) is 0 Å². The van der Waals surface area contributed by atoms with Gasteiger partial charge in [-0.15, -0.1) is 0 Å². The van der Waals surface area contributed by atoms with Crippen LogP contribution >= 0.6 is 11.6 Å². The first kappa shape index (κ1) is 18.7. The van der Waals surface area contributed by atoms with Gasteiger partial charge in [0, 0.05) is 43.8 Å². The highest BCUT2D eigenvalue weighted by molar-refractivity contribution is 6.30. The minimum Gasteiger partial charge on any atom is -0.353 e. The molecule has 3 heterocycles. The number of aliphatic imine (C=N–C) groups is 2. The summed E-state index contributed by atoms with van der Waals surface area (Å²) in [5, 5.41) is 2.90. The van der Waals surface area contributed by atoms with Gasteiger partial charge in [0.15, 0.2) is 0 Å². The van der Waals surface area contributed by atoms with Gasteiger partial charge in [-0.2, -0.15) is 0 Å². The van der Waals surface area contributed by atoms with Gasteiger partial charge in [0.05, 0.1) is 18.1 Å². The summed E-state index contributed by atoms with van der Waals surface area (Å²) in [6.45, 7) is 5.39. The molecule has 28 heavy (non-hydrogen) atoms. The third kappa shape index (κ3) is 3.82. The van der Waals surface area contributed by atoms with E-state index in [0.29, 0.717) is 37.2 Å². The molecule has 0 aliphatic carbocycles. The molecule has 3 aliphatic rings. The smallest absolute Gasteiger partial charge is 0.322 e. The standard InChI is InChI=1S/C19H22ClFN6O/c1-2-14-11-27-12-22-17(10-18(27)23-14)25-5-7-26(8-6-25)19(28)24-16-4-3-13(20)9-15(16)21/h3-4,9-10,12,14H,2,5-8,11H2,1H3,(H,24,28)/t14-/m0/s1. The second-order valence-electron chi connectivity index (χ2n) is 6.98. The molecule has 4 rings (SSSR count). The molecule has 0 spiro atoms. The number of anilines is 1. The number of fused-ring (bicyclic) bond motifs is 1. The van der Waals surface area contributed by atoms with E-state index >= 15 is 0 Å². The molecular weight excluding hydrogens is 383 g/mol. The molecule has 148 valence electrons. The van der Waals surface area contributed by atoms with E-state index < -0.39 is 5.82 Å². The molecule has 0 saturated carbocycles. The van der Waals surface area contributed by atoms with E-state index in [1.54, 1.807) is 11.0 Å². The molecule has 0 bridgehead atoms. The fourth-order valence-corrected chi connectivity index (χ4v) is 3.61. The maximum Gasteiger partial charge on any atom is 0.322 e. The third-order valence-electron chi connectivity index (χ3n) is 5.14.